The van der Waals surface area contributed by atoms with Gasteiger partial charge in [-0.05, 0) is 234 Å². The fraction of sp³-hybridized carbons (Fsp3) is 0.0800. The first-order valence-corrected chi connectivity index (χ1v) is 46.9. The summed E-state index contributed by atoms with van der Waals surface area (Å²) in [6, 6.07) is 91.3. The van der Waals surface area contributed by atoms with E-state index in [1.807, 2.05) is 113 Å². The molecule has 0 spiro atoms. The van der Waals surface area contributed by atoms with E-state index in [2.05, 4.69) is 316 Å². The highest BCUT2D eigenvalue weighted by atomic mass is 32.1. The van der Waals surface area contributed by atoms with E-state index in [0.717, 1.165) is 43.2 Å². The predicted octanol–water partition coefficient (Wildman–Crippen LogP) is 33.9. The van der Waals surface area contributed by atoms with Crippen LogP contribution in [0.25, 0.3) is 228 Å². The summed E-state index contributed by atoms with van der Waals surface area (Å²) >= 11 is 19.1. The van der Waals surface area contributed by atoms with Gasteiger partial charge in [0, 0.05) is 103 Å². The lowest BCUT2D eigenvalue weighted by molar-refractivity contribution is 0.632. The molecule has 0 unspecified atom stereocenters. The highest BCUT2D eigenvalue weighted by Crippen LogP contribution is 2.57. The van der Waals surface area contributed by atoms with Crippen molar-refractivity contribution in [2.24, 2.45) is 0 Å². The van der Waals surface area contributed by atoms with Crippen LogP contribution in [0.3, 0.4) is 0 Å². The molecule has 0 fully saturated rings. The number of thiophene rings is 10. The van der Waals surface area contributed by atoms with Crippen LogP contribution in [0.4, 0.5) is 0 Å². The largest absolute Gasteiger partial charge is 0.455 e. The minimum absolute atomic E-state index is 0.927. The number of hydrogen-bond donors (Lipinski definition) is 0. The Morgan fingerprint density at radius 3 is 0.767 bits per heavy atom. The maximum absolute atomic E-state index is 6.45. The number of rotatable bonds is 8. The number of nitrogens with zero attached hydrogens (tertiary/aromatic N) is 4. The van der Waals surface area contributed by atoms with Gasteiger partial charge in [-0.1, -0.05) is 119 Å². The number of hydrogen-bond acceptors (Lipinski definition) is 12. The van der Waals surface area contributed by atoms with E-state index in [1.165, 1.54) is 229 Å². The molecule has 116 heavy (non-hydrogen) atoms. The molecule has 0 atom stereocenters. The van der Waals surface area contributed by atoms with Crippen molar-refractivity contribution < 1.29 is 8.83 Å². The second-order valence-electron chi connectivity index (χ2n) is 31.4. The van der Waals surface area contributed by atoms with Gasteiger partial charge in [0.05, 0.1) is 91.5 Å². The van der Waals surface area contributed by atoms with Crippen molar-refractivity contribution in [3.05, 3.63) is 287 Å². The molecule has 0 aliphatic rings. The van der Waals surface area contributed by atoms with Gasteiger partial charge in [0.15, 0.2) is 0 Å². The zero-order valence-corrected chi connectivity index (χ0v) is 71.9. The molecule has 0 saturated heterocycles. The molecule has 0 radical (unpaired) electrons. The third kappa shape index (κ3) is 10.4. The van der Waals surface area contributed by atoms with E-state index < -0.39 is 0 Å². The molecule has 0 N–H and O–H groups in total. The summed E-state index contributed by atoms with van der Waals surface area (Å²) in [5.74, 6) is 1.85. The zero-order chi connectivity index (χ0) is 77.1. The molecular formula is C100H64N4O2S10. The molecule has 0 aliphatic carbocycles. The monoisotopic (exact) mass is 1670 g/mol. The summed E-state index contributed by atoms with van der Waals surface area (Å²) in [5.41, 5.74) is 26.9. The summed E-state index contributed by atoms with van der Waals surface area (Å²) in [4.78, 5) is 7.72. The molecule has 0 aliphatic heterocycles. The van der Waals surface area contributed by atoms with E-state index >= 15 is 0 Å². The number of benzene rings is 10. The van der Waals surface area contributed by atoms with E-state index in [1.54, 1.807) is 0 Å². The van der Waals surface area contributed by atoms with Gasteiger partial charge < -0.3 is 27.1 Å². The first-order chi connectivity index (χ1) is 56.6. The SMILES string of the molecule is Cc1ccc(-n2c3cc4c5sc6cc(-c7cc8ccc(C)cc8o7)sc6c5n(-c5ccc(C)cc5)c4cc3c3sc4cc(-c5cc6ccc(C)cc6o5)sc4c32)cc1.Cc1ccc(-n2c3cc4c5sc6cc(-c7cc8ccc(C)cc8s7)sc6c5n(-c5ccc(C)cc5)c4cc3c3sc4cc(-c5cc6ccc(C)cc6s5)sc4c32)cc1. The summed E-state index contributed by atoms with van der Waals surface area (Å²) in [5, 5.41) is 10.1. The average molecular weight is 1670 g/mol. The summed E-state index contributed by atoms with van der Waals surface area (Å²) in [6.45, 7) is 17.3. The van der Waals surface area contributed by atoms with Gasteiger partial charge in [-0.15, -0.1) is 113 Å². The second kappa shape index (κ2) is 25.3. The van der Waals surface area contributed by atoms with Gasteiger partial charge in [-0.25, -0.2) is 0 Å². The Morgan fingerprint density at radius 2 is 0.457 bits per heavy atom. The van der Waals surface area contributed by atoms with Crippen LogP contribution in [0, 0.1) is 55.4 Å². The number of fused-ring (bicyclic) bond motifs is 24. The molecule has 0 saturated carbocycles. The van der Waals surface area contributed by atoms with Crippen molar-refractivity contribution in [2.75, 3.05) is 0 Å². The van der Waals surface area contributed by atoms with Crippen molar-refractivity contribution >= 4 is 278 Å². The Balaban J connectivity index is 0.000000130. The Labute approximate surface area is 703 Å². The summed E-state index contributed by atoms with van der Waals surface area (Å²) < 4.78 is 41.7. The molecule has 16 heteroatoms. The van der Waals surface area contributed by atoms with Crippen LogP contribution in [0.1, 0.15) is 44.5 Å². The van der Waals surface area contributed by atoms with Crippen LogP contribution in [0.2, 0.25) is 0 Å². The molecule has 0 bridgehead atoms. The van der Waals surface area contributed by atoms with Gasteiger partial charge in [-0.3, -0.25) is 0 Å². The molecule has 556 valence electrons. The van der Waals surface area contributed by atoms with E-state index in [-0.39, 0.29) is 0 Å². The van der Waals surface area contributed by atoms with Crippen molar-refractivity contribution in [1.29, 1.82) is 0 Å². The first kappa shape index (κ1) is 68.3. The van der Waals surface area contributed by atoms with Crippen molar-refractivity contribution in [1.82, 2.24) is 18.3 Å². The van der Waals surface area contributed by atoms with E-state index in [9.17, 15) is 0 Å². The number of aromatic nitrogens is 4. The first-order valence-electron chi connectivity index (χ1n) is 38.7. The minimum atomic E-state index is 0.927. The van der Waals surface area contributed by atoms with Crippen LogP contribution >= 0.6 is 113 Å². The number of furan rings is 2. The van der Waals surface area contributed by atoms with Crippen LogP contribution in [0.15, 0.2) is 251 Å². The molecule has 16 aromatic heterocycles. The fourth-order valence-corrected chi connectivity index (χ4v) is 30.4. The molecule has 0 amide bonds. The van der Waals surface area contributed by atoms with Crippen LogP contribution in [-0.4, -0.2) is 18.3 Å². The van der Waals surface area contributed by atoms with Crippen molar-refractivity contribution in [2.45, 2.75) is 55.4 Å². The van der Waals surface area contributed by atoms with Crippen molar-refractivity contribution in [3.63, 3.8) is 0 Å². The highest BCUT2D eigenvalue weighted by Gasteiger charge is 2.30. The third-order valence-electron chi connectivity index (χ3n) is 23.3. The quantitative estimate of drug-likeness (QED) is 0.152. The number of aryl methyl sites for hydroxylation is 8. The lowest BCUT2D eigenvalue weighted by Crippen LogP contribution is -1.95. The Morgan fingerprint density at radius 1 is 0.198 bits per heavy atom. The van der Waals surface area contributed by atoms with E-state index in [0.29, 0.717) is 0 Å². The average Bonchev–Trinajstić information content (AvgIpc) is 1.53. The van der Waals surface area contributed by atoms with Crippen LogP contribution in [-0.2, 0) is 0 Å². The van der Waals surface area contributed by atoms with Gasteiger partial charge in [0.1, 0.15) is 22.7 Å². The smallest absolute Gasteiger partial charge is 0.145 e. The summed E-state index contributed by atoms with van der Waals surface area (Å²) in [6.07, 6.45) is 0. The van der Waals surface area contributed by atoms with Gasteiger partial charge in [0.2, 0.25) is 0 Å². The van der Waals surface area contributed by atoms with E-state index in [4.69, 9.17) is 8.83 Å². The Hall–Kier alpha value is -11.0. The predicted molar refractivity (Wildman–Crippen MR) is 513 cm³/mol. The van der Waals surface area contributed by atoms with Crippen molar-refractivity contribution in [3.8, 4) is 63.5 Å². The lowest BCUT2D eigenvalue weighted by Gasteiger charge is -2.10. The minimum Gasteiger partial charge on any atom is -0.455 e. The molecule has 10 aromatic carbocycles. The Kier molecular flexibility index (Phi) is 14.9. The molecule has 16 heterocycles. The zero-order valence-electron chi connectivity index (χ0n) is 63.8. The molecule has 26 aromatic rings. The third-order valence-corrected chi connectivity index (χ3v) is 35.6. The lowest BCUT2D eigenvalue weighted by atomic mass is 10.1. The maximum Gasteiger partial charge on any atom is 0.145 e. The fourth-order valence-electron chi connectivity index (χ4n) is 17.5. The maximum atomic E-state index is 6.45. The normalized spacial score (nSPS) is 12.5. The Bertz CT molecular complexity index is 7660. The summed E-state index contributed by atoms with van der Waals surface area (Å²) in [7, 11) is 0. The molecule has 6 nitrogen and oxygen atoms in total. The van der Waals surface area contributed by atoms with Gasteiger partial charge in [0.25, 0.3) is 0 Å². The second-order valence-corrected chi connectivity index (χ2v) is 42.0. The molecular weight excluding hydrogens is 1610 g/mol. The standard InChI is InChI=1S/C50H32N2O2S4.C50H32N2S6/c2*1-25-7-13-31(14-8-25)51-35-21-34-36(22-33(35)47-45(51)49-43(57-47)23-41(55-49)39-19-29-11-5-27(3)17-37(29)53-39)52(32-15-9-26(2)10-16-32)46-48(34)58-44-24-42(56-50(44)46)40-20-30-12-6-28(4)18-38(30)54-40/h2*5-24H,1-4H3. The van der Waals surface area contributed by atoms with Crippen LogP contribution in [0.5, 0.6) is 0 Å². The van der Waals surface area contributed by atoms with Gasteiger partial charge >= 0.3 is 0 Å². The van der Waals surface area contributed by atoms with Gasteiger partial charge in [-0.2, -0.15) is 0 Å². The van der Waals surface area contributed by atoms with Crippen LogP contribution < -0.4 is 0 Å². The topological polar surface area (TPSA) is 46.0 Å². The highest BCUT2D eigenvalue weighted by molar-refractivity contribution is 7.38. The molecule has 26 rings (SSSR count).